The molecule has 2 amide bonds. The first-order valence-electron chi connectivity index (χ1n) is 8.47. The summed E-state index contributed by atoms with van der Waals surface area (Å²) in [5.41, 5.74) is 2.92. The molecule has 0 saturated carbocycles. The molecule has 1 aromatic heterocycles. The van der Waals surface area contributed by atoms with Crippen molar-refractivity contribution in [3.05, 3.63) is 59.4 Å². The number of carbonyl (C=O) groups excluding carboxylic acids is 2. The zero-order chi connectivity index (χ0) is 17.2. The number of carbonyl (C=O) groups is 2. The van der Waals surface area contributed by atoms with Crippen molar-refractivity contribution in [2.75, 3.05) is 37.7 Å². The summed E-state index contributed by atoms with van der Waals surface area (Å²) in [6, 6.07) is 11.2. The number of anilines is 1. The Bertz CT molecular complexity index is 815. The maximum Gasteiger partial charge on any atom is 0.272 e. The van der Waals surface area contributed by atoms with Crippen molar-refractivity contribution in [3.8, 4) is 0 Å². The van der Waals surface area contributed by atoms with E-state index in [1.165, 1.54) is 11.8 Å². The van der Waals surface area contributed by atoms with E-state index >= 15 is 0 Å². The first kappa shape index (κ1) is 15.8. The Morgan fingerprint density at radius 3 is 2.64 bits per heavy atom. The average molecular weight is 337 g/mol. The SMILES string of the molecule is O=C(c1cc(C(=O)N2CCc3ccccc32)ccn1)N1CCOCC1. The fourth-order valence-corrected chi connectivity index (χ4v) is 3.31. The Morgan fingerprint density at radius 2 is 1.80 bits per heavy atom. The van der Waals surface area contributed by atoms with Crippen LogP contribution in [0.3, 0.4) is 0 Å². The number of para-hydroxylation sites is 1. The van der Waals surface area contributed by atoms with Gasteiger partial charge in [-0.3, -0.25) is 14.6 Å². The van der Waals surface area contributed by atoms with E-state index in [0.717, 1.165) is 12.1 Å². The van der Waals surface area contributed by atoms with Crippen LogP contribution < -0.4 is 4.90 Å². The van der Waals surface area contributed by atoms with Gasteiger partial charge in [-0.15, -0.1) is 0 Å². The smallest absolute Gasteiger partial charge is 0.272 e. The second-order valence-electron chi connectivity index (χ2n) is 6.17. The van der Waals surface area contributed by atoms with Crippen LogP contribution in [0.1, 0.15) is 26.4 Å². The van der Waals surface area contributed by atoms with E-state index in [4.69, 9.17) is 4.74 Å². The molecule has 0 unspecified atom stereocenters. The molecule has 3 heterocycles. The number of hydrogen-bond donors (Lipinski definition) is 0. The summed E-state index contributed by atoms with van der Waals surface area (Å²) in [7, 11) is 0. The Kier molecular flexibility index (Phi) is 4.19. The minimum absolute atomic E-state index is 0.0941. The van der Waals surface area contributed by atoms with Gasteiger partial charge in [0.05, 0.1) is 13.2 Å². The largest absolute Gasteiger partial charge is 0.378 e. The predicted molar refractivity (Wildman–Crippen MR) is 92.8 cm³/mol. The van der Waals surface area contributed by atoms with Gasteiger partial charge in [-0.05, 0) is 30.2 Å². The highest BCUT2D eigenvalue weighted by molar-refractivity contribution is 6.08. The van der Waals surface area contributed by atoms with Crippen LogP contribution >= 0.6 is 0 Å². The third kappa shape index (κ3) is 3.00. The zero-order valence-electron chi connectivity index (χ0n) is 13.9. The monoisotopic (exact) mass is 337 g/mol. The van der Waals surface area contributed by atoms with Crippen molar-refractivity contribution >= 4 is 17.5 Å². The maximum absolute atomic E-state index is 12.9. The number of amides is 2. The molecule has 128 valence electrons. The first-order chi connectivity index (χ1) is 12.2. The second kappa shape index (κ2) is 6.64. The van der Waals surface area contributed by atoms with E-state index in [9.17, 15) is 9.59 Å². The maximum atomic E-state index is 12.9. The lowest BCUT2D eigenvalue weighted by Crippen LogP contribution is -2.41. The minimum atomic E-state index is -0.153. The van der Waals surface area contributed by atoms with Gasteiger partial charge in [-0.1, -0.05) is 18.2 Å². The molecule has 2 aliphatic rings. The number of fused-ring (bicyclic) bond motifs is 1. The van der Waals surface area contributed by atoms with Crippen LogP contribution in [0.5, 0.6) is 0 Å². The number of hydrogen-bond acceptors (Lipinski definition) is 4. The van der Waals surface area contributed by atoms with E-state index in [0.29, 0.717) is 44.1 Å². The van der Waals surface area contributed by atoms with Crippen LogP contribution in [0.2, 0.25) is 0 Å². The molecule has 0 aliphatic carbocycles. The highest BCUT2D eigenvalue weighted by Crippen LogP contribution is 2.28. The molecule has 2 aliphatic heterocycles. The van der Waals surface area contributed by atoms with Crippen LogP contribution in [-0.2, 0) is 11.2 Å². The molecule has 0 spiro atoms. The molecule has 6 heteroatoms. The number of aromatic nitrogens is 1. The van der Waals surface area contributed by atoms with E-state index < -0.39 is 0 Å². The summed E-state index contributed by atoms with van der Waals surface area (Å²) < 4.78 is 5.27. The molecule has 1 fully saturated rings. The molecule has 25 heavy (non-hydrogen) atoms. The highest BCUT2D eigenvalue weighted by Gasteiger charge is 2.26. The van der Waals surface area contributed by atoms with Crippen LogP contribution in [0, 0.1) is 0 Å². The van der Waals surface area contributed by atoms with Crippen LogP contribution in [0.15, 0.2) is 42.6 Å². The van der Waals surface area contributed by atoms with Crippen LogP contribution in [-0.4, -0.2) is 54.5 Å². The predicted octanol–water partition coefficient (Wildman–Crippen LogP) is 1.76. The average Bonchev–Trinajstić information content (AvgIpc) is 3.12. The third-order valence-electron chi connectivity index (χ3n) is 4.66. The normalized spacial score (nSPS) is 16.6. The fourth-order valence-electron chi connectivity index (χ4n) is 3.31. The van der Waals surface area contributed by atoms with Crippen molar-refractivity contribution in [2.24, 2.45) is 0 Å². The molecular weight excluding hydrogens is 318 g/mol. The Labute approximate surface area is 146 Å². The van der Waals surface area contributed by atoms with Gasteiger partial charge in [0, 0.05) is 37.1 Å². The van der Waals surface area contributed by atoms with Crippen molar-refractivity contribution in [1.82, 2.24) is 9.88 Å². The molecule has 0 atom stereocenters. The number of morpholine rings is 1. The standard InChI is InChI=1S/C19H19N3O3/c23-18(22-8-6-14-3-1-2-4-17(14)22)15-5-7-20-16(13-15)19(24)21-9-11-25-12-10-21/h1-5,7,13H,6,8-12H2. The summed E-state index contributed by atoms with van der Waals surface area (Å²) in [6.45, 7) is 2.84. The van der Waals surface area contributed by atoms with Gasteiger partial charge in [0.25, 0.3) is 11.8 Å². The van der Waals surface area contributed by atoms with Crippen molar-refractivity contribution < 1.29 is 14.3 Å². The van der Waals surface area contributed by atoms with E-state index in [2.05, 4.69) is 4.98 Å². The summed E-state index contributed by atoms with van der Waals surface area (Å²) >= 11 is 0. The van der Waals surface area contributed by atoms with Crippen LogP contribution in [0.4, 0.5) is 5.69 Å². The number of nitrogens with zero attached hydrogens (tertiary/aromatic N) is 3. The molecular formula is C19H19N3O3. The lowest BCUT2D eigenvalue weighted by atomic mass is 10.1. The number of pyridine rings is 1. The van der Waals surface area contributed by atoms with E-state index in [-0.39, 0.29) is 11.8 Å². The van der Waals surface area contributed by atoms with Gasteiger partial charge >= 0.3 is 0 Å². The number of ether oxygens (including phenoxy) is 1. The van der Waals surface area contributed by atoms with Crippen molar-refractivity contribution in [2.45, 2.75) is 6.42 Å². The van der Waals surface area contributed by atoms with Crippen molar-refractivity contribution in [1.29, 1.82) is 0 Å². The van der Waals surface area contributed by atoms with Crippen LogP contribution in [0.25, 0.3) is 0 Å². The second-order valence-corrected chi connectivity index (χ2v) is 6.17. The Hall–Kier alpha value is -2.73. The summed E-state index contributed by atoms with van der Waals surface area (Å²) in [4.78, 5) is 33.1. The summed E-state index contributed by atoms with van der Waals surface area (Å²) in [6.07, 6.45) is 2.38. The number of rotatable bonds is 2. The van der Waals surface area contributed by atoms with Gasteiger partial charge in [-0.25, -0.2) is 0 Å². The highest BCUT2D eigenvalue weighted by atomic mass is 16.5. The molecule has 1 saturated heterocycles. The molecule has 6 nitrogen and oxygen atoms in total. The molecule has 2 aromatic rings. The Morgan fingerprint density at radius 1 is 1.00 bits per heavy atom. The summed E-state index contributed by atoms with van der Waals surface area (Å²) in [5.74, 6) is -0.247. The molecule has 0 N–H and O–H groups in total. The third-order valence-corrected chi connectivity index (χ3v) is 4.66. The minimum Gasteiger partial charge on any atom is -0.378 e. The van der Waals surface area contributed by atoms with E-state index in [1.807, 2.05) is 24.3 Å². The molecule has 0 radical (unpaired) electrons. The molecule has 0 bridgehead atoms. The lowest BCUT2D eigenvalue weighted by Gasteiger charge is -2.26. The van der Waals surface area contributed by atoms with Gasteiger partial charge in [0.1, 0.15) is 5.69 Å². The van der Waals surface area contributed by atoms with Gasteiger partial charge < -0.3 is 14.5 Å². The van der Waals surface area contributed by atoms with Crippen molar-refractivity contribution in [3.63, 3.8) is 0 Å². The van der Waals surface area contributed by atoms with Gasteiger partial charge in [0.15, 0.2) is 0 Å². The van der Waals surface area contributed by atoms with Gasteiger partial charge in [-0.2, -0.15) is 0 Å². The van der Waals surface area contributed by atoms with Gasteiger partial charge in [0.2, 0.25) is 0 Å². The number of benzene rings is 1. The van der Waals surface area contributed by atoms with E-state index in [1.54, 1.807) is 21.9 Å². The quantitative estimate of drug-likeness (QED) is 0.838. The molecule has 1 aromatic carbocycles. The first-order valence-corrected chi connectivity index (χ1v) is 8.47. The Balaban J connectivity index is 1.57. The summed E-state index contributed by atoms with van der Waals surface area (Å²) in [5, 5.41) is 0. The molecule has 4 rings (SSSR count). The topological polar surface area (TPSA) is 62.7 Å². The zero-order valence-corrected chi connectivity index (χ0v) is 13.9. The fraction of sp³-hybridized carbons (Fsp3) is 0.316. The lowest BCUT2D eigenvalue weighted by molar-refractivity contribution is 0.0299.